The Morgan fingerprint density at radius 3 is 2.95 bits per heavy atom. The van der Waals surface area contributed by atoms with E-state index in [0.717, 1.165) is 5.75 Å². The van der Waals surface area contributed by atoms with Crippen LogP contribution in [0.1, 0.15) is 12.1 Å². The van der Waals surface area contributed by atoms with E-state index in [-0.39, 0.29) is 11.5 Å². The fourth-order valence-corrected chi connectivity index (χ4v) is 1.97. The van der Waals surface area contributed by atoms with Gasteiger partial charge in [-0.1, -0.05) is 0 Å². The van der Waals surface area contributed by atoms with Crippen LogP contribution in [0.15, 0.2) is 10.9 Å². The fraction of sp³-hybridized carbons (Fsp3) is 0.583. The third-order valence-electron chi connectivity index (χ3n) is 2.48. The number of amides is 1. The van der Waals surface area contributed by atoms with E-state index in [0.29, 0.717) is 31.2 Å². The second kappa shape index (κ2) is 8.60. The largest absolute Gasteiger partial charge is 0.383 e. The van der Waals surface area contributed by atoms with Gasteiger partial charge in [-0.3, -0.25) is 14.6 Å². The van der Waals surface area contributed by atoms with Gasteiger partial charge >= 0.3 is 0 Å². The van der Waals surface area contributed by atoms with Gasteiger partial charge in [-0.25, -0.2) is 4.98 Å². The Labute approximate surface area is 121 Å². The minimum absolute atomic E-state index is 0.225. The smallest absolute Gasteiger partial charge is 0.252 e. The lowest BCUT2D eigenvalue weighted by Gasteiger charge is -2.11. The molecular weight excluding hydrogens is 280 g/mol. The quantitative estimate of drug-likeness (QED) is 0.492. The summed E-state index contributed by atoms with van der Waals surface area (Å²) in [6.45, 7) is 2.48. The highest BCUT2D eigenvalue weighted by atomic mass is 32.2. The van der Waals surface area contributed by atoms with Crippen LogP contribution in [0.5, 0.6) is 0 Å². The van der Waals surface area contributed by atoms with Gasteiger partial charge in [0.2, 0.25) is 11.9 Å². The Balaban J connectivity index is 2.27. The normalized spacial score (nSPS) is 11.9. The summed E-state index contributed by atoms with van der Waals surface area (Å²) >= 11 is 1.58. The number of aryl methyl sites for hydroxylation is 1. The Morgan fingerprint density at radius 2 is 2.30 bits per heavy atom. The number of hydrogen-bond donors (Lipinski definition) is 4. The van der Waals surface area contributed by atoms with Gasteiger partial charge in [-0.05, 0) is 25.4 Å². The van der Waals surface area contributed by atoms with Crippen molar-refractivity contribution in [2.24, 2.45) is 0 Å². The number of hydrogen-bond acceptors (Lipinski definition) is 6. The molecule has 1 aromatic heterocycles. The Bertz CT molecular complexity index is 492. The molecule has 0 radical (unpaired) electrons. The molecule has 1 atom stereocenters. The number of aliphatic hydroxyl groups excluding tert-OH is 1. The van der Waals surface area contributed by atoms with E-state index in [9.17, 15) is 14.7 Å². The molecule has 0 aromatic carbocycles. The average Bonchev–Trinajstić information content (AvgIpc) is 2.39. The third-order valence-corrected chi connectivity index (χ3v) is 3.13. The first-order valence-corrected chi connectivity index (χ1v) is 7.69. The Hall–Kier alpha value is -1.54. The first kappa shape index (κ1) is 16.5. The number of nitrogens with zero attached hydrogens (tertiary/aromatic N) is 1. The topological polar surface area (TPSA) is 107 Å². The van der Waals surface area contributed by atoms with Crippen molar-refractivity contribution in [3.8, 4) is 0 Å². The van der Waals surface area contributed by atoms with Crippen LogP contribution in [-0.2, 0) is 4.79 Å². The summed E-state index contributed by atoms with van der Waals surface area (Å²) in [4.78, 5) is 29.3. The summed E-state index contributed by atoms with van der Waals surface area (Å²) in [6, 6.07) is 1.40. The molecule has 7 nitrogen and oxygen atoms in total. The minimum Gasteiger partial charge on any atom is -0.383 e. The molecule has 1 rings (SSSR count). The zero-order valence-electron chi connectivity index (χ0n) is 11.6. The van der Waals surface area contributed by atoms with Crippen LogP contribution in [0.4, 0.5) is 5.95 Å². The van der Waals surface area contributed by atoms with Crippen LogP contribution >= 0.6 is 11.8 Å². The van der Waals surface area contributed by atoms with Crippen LogP contribution in [-0.4, -0.2) is 52.2 Å². The van der Waals surface area contributed by atoms with Crippen molar-refractivity contribution in [1.29, 1.82) is 0 Å². The van der Waals surface area contributed by atoms with Crippen LogP contribution in [0.2, 0.25) is 0 Å². The van der Waals surface area contributed by atoms with Gasteiger partial charge in [-0.15, -0.1) is 0 Å². The lowest BCUT2D eigenvalue weighted by Crippen LogP contribution is -2.37. The second-order valence-corrected chi connectivity index (χ2v) is 5.24. The minimum atomic E-state index is -0.973. The van der Waals surface area contributed by atoms with Crippen molar-refractivity contribution in [2.75, 3.05) is 30.4 Å². The number of aliphatic hydroxyl groups is 1. The maximum absolute atomic E-state index is 11.5. The summed E-state index contributed by atoms with van der Waals surface area (Å²) in [5.74, 6) is 0.722. The monoisotopic (exact) mass is 300 g/mol. The number of anilines is 1. The van der Waals surface area contributed by atoms with Crippen molar-refractivity contribution in [3.63, 3.8) is 0 Å². The highest BCUT2D eigenvalue weighted by molar-refractivity contribution is 7.98. The van der Waals surface area contributed by atoms with E-state index in [2.05, 4.69) is 20.6 Å². The van der Waals surface area contributed by atoms with E-state index in [4.69, 9.17) is 0 Å². The third kappa shape index (κ3) is 6.07. The summed E-state index contributed by atoms with van der Waals surface area (Å²) in [7, 11) is 0. The molecule has 4 N–H and O–H groups in total. The van der Waals surface area contributed by atoms with Gasteiger partial charge in [0.05, 0.1) is 0 Å². The molecule has 0 spiro atoms. The van der Waals surface area contributed by atoms with Crippen molar-refractivity contribution in [1.82, 2.24) is 15.3 Å². The van der Waals surface area contributed by atoms with Gasteiger partial charge in [0.25, 0.3) is 5.56 Å². The number of nitrogens with one attached hydrogen (secondary N) is 3. The molecule has 1 amide bonds. The summed E-state index contributed by atoms with van der Waals surface area (Å²) < 4.78 is 0. The molecule has 0 aliphatic heterocycles. The van der Waals surface area contributed by atoms with Crippen molar-refractivity contribution in [2.45, 2.75) is 19.4 Å². The SMILES string of the molecule is CSCCC(O)C(=O)NCCNc1nc(C)cc(=O)[nH]1. The molecule has 112 valence electrons. The summed E-state index contributed by atoms with van der Waals surface area (Å²) in [6.07, 6.45) is 1.39. The molecule has 8 heteroatoms. The van der Waals surface area contributed by atoms with Gasteiger partial charge in [0.1, 0.15) is 6.10 Å². The summed E-state index contributed by atoms with van der Waals surface area (Å²) in [5.41, 5.74) is 0.393. The molecule has 0 fully saturated rings. The molecular formula is C12H20N4O3S. The lowest BCUT2D eigenvalue weighted by molar-refractivity contribution is -0.129. The molecule has 1 unspecified atom stereocenters. The van der Waals surface area contributed by atoms with E-state index >= 15 is 0 Å². The predicted octanol–water partition coefficient (Wildman–Crippen LogP) is -0.280. The molecule has 0 aliphatic carbocycles. The Kier molecular flexibility index (Phi) is 7.10. The molecule has 0 bridgehead atoms. The number of H-pyrrole nitrogens is 1. The van der Waals surface area contributed by atoms with E-state index in [1.165, 1.54) is 6.07 Å². The average molecular weight is 300 g/mol. The van der Waals surface area contributed by atoms with Gasteiger partial charge in [0, 0.05) is 24.8 Å². The molecule has 20 heavy (non-hydrogen) atoms. The Morgan fingerprint density at radius 1 is 1.55 bits per heavy atom. The number of aromatic nitrogens is 2. The van der Waals surface area contributed by atoms with Crippen LogP contribution in [0.25, 0.3) is 0 Å². The van der Waals surface area contributed by atoms with Crippen molar-refractivity contribution < 1.29 is 9.90 Å². The highest BCUT2D eigenvalue weighted by Crippen LogP contribution is 2.00. The molecule has 0 saturated heterocycles. The first-order valence-electron chi connectivity index (χ1n) is 6.29. The zero-order chi connectivity index (χ0) is 15.0. The van der Waals surface area contributed by atoms with Gasteiger partial charge in [0.15, 0.2) is 0 Å². The van der Waals surface area contributed by atoms with E-state index < -0.39 is 6.10 Å². The van der Waals surface area contributed by atoms with Gasteiger partial charge < -0.3 is 15.7 Å². The number of thioether (sulfide) groups is 1. The van der Waals surface area contributed by atoms with Crippen molar-refractivity contribution in [3.05, 3.63) is 22.1 Å². The standard InChI is InChI=1S/C12H20N4O3S/c1-8-7-10(18)16-12(15-8)14-5-4-13-11(19)9(17)3-6-20-2/h7,9,17H,3-6H2,1-2H3,(H,13,19)(H2,14,15,16,18). The molecule has 1 aromatic rings. The molecule has 1 heterocycles. The molecule has 0 aliphatic rings. The lowest BCUT2D eigenvalue weighted by atomic mass is 10.2. The number of rotatable bonds is 8. The van der Waals surface area contributed by atoms with Gasteiger partial charge in [-0.2, -0.15) is 11.8 Å². The van der Waals surface area contributed by atoms with Crippen LogP contribution in [0, 0.1) is 6.92 Å². The van der Waals surface area contributed by atoms with E-state index in [1.807, 2.05) is 6.26 Å². The maximum atomic E-state index is 11.5. The van der Waals surface area contributed by atoms with Crippen molar-refractivity contribution >= 4 is 23.6 Å². The van der Waals surface area contributed by atoms with Crippen LogP contribution < -0.4 is 16.2 Å². The zero-order valence-corrected chi connectivity index (χ0v) is 12.4. The number of carbonyl (C=O) groups excluding carboxylic acids is 1. The maximum Gasteiger partial charge on any atom is 0.252 e. The fourth-order valence-electron chi connectivity index (χ4n) is 1.51. The number of aromatic amines is 1. The highest BCUT2D eigenvalue weighted by Gasteiger charge is 2.13. The van der Waals surface area contributed by atoms with Crippen LogP contribution in [0.3, 0.4) is 0 Å². The second-order valence-electron chi connectivity index (χ2n) is 4.25. The molecule has 0 saturated carbocycles. The predicted molar refractivity (Wildman–Crippen MR) is 80.1 cm³/mol. The first-order chi connectivity index (χ1) is 9.52. The van der Waals surface area contributed by atoms with E-state index in [1.54, 1.807) is 18.7 Å². The summed E-state index contributed by atoms with van der Waals surface area (Å²) in [5, 5.41) is 15.0. The number of carbonyl (C=O) groups is 1.